The minimum Gasteiger partial charge on any atom is -1.00 e. The predicted octanol–water partition coefficient (Wildman–Crippen LogP) is -0.837. The fourth-order valence-corrected chi connectivity index (χ4v) is 0.981. The zero-order valence-electron chi connectivity index (χ0n) is 7.37. The Kier molecular flexibility index (Phi) is 21.6. The second-order valence-electron chi connectivity index (χ2n) is 2.65. The third kappa shape index (κ3) is 10.8. The molecule has 0 rings (SSSR count). The van der Waals surface area contributed by atoms with E-state index in [0.717, 1.165) is 12.5 Å². The summed E-state index contributed by atoms with van der Waals surface area (Å²) in [7, 11) is 0. The molecule has 0 radical (unpaired) electrons. The third-order valence-corrected chi connectivity index (χ3v) is 1.88. The van der Waals surface area contributed by atoms with Crippen LogP contribution in [-0.2, 0) is 17.1 Å². The number of rotatable bonds is 5. The number of nitrogens with two attached hydrogens (primary N) is 1. The smallest absolute Gasteiger partial charge is 1.00 e. The maximum absolute atomic E-state index is 5.52. The first-order valence-corrected chi connectivity index (χ1v) is 4.05. The average Bonchev–Trinajstić information content (AvgIpc) is 1.91. The minimum absolute atomic E-state index is 0. The predicted molar refractivity (Wildman–Crippen MR) is 42.4 cm³/mol. The van der Waals surface area contributed by atoms with Crippen LogP contribution < -0.4 is 18.1 Å². The summed E-state index contributed by atoms with van der Waals surface area (Å²) in [5.74, 6) is 0.782. The van der Waals surface area contributed by atoms with Crippen molar-refractivity contribution < 1.29 is 29.5 Å². The molecule has 0 spiro atoms. The quantitative estimate of drug-likeness (QED) is 0.610. The summed E-state index contributed by atoms with van der Waals surface area (Å²) >= 11 is 0. The van der Waals surface area contributed by atoms with Gasteiger partial charge in [-0.15, -0.1) is 0 Å². The van der Waals surface area contributed by atoms with E-state index in [1.165, 1.54) is 25.7 Å². The van der Waals surface area contributed by atoms with Crippen molar-refractivity contribution in [2.45, 2.75) is 39.5 Å². The monoisotopic (exact) mass is 227 g/mol. The molecule has 0 saturated carbocycles. The Balaban J connectivity index is -0.000000320. The van der Waals surface area contributed by atoms with Gasteiger partial charge in [0.2, 0.25) is 0 Å². The van der Waals surface area contributed by atoms with E-state index in [-0.39, 0.29) is 29.5 Å². The summed E-state index contributed by atoms with van der Waals surface area (Å²) in [6.07, 6.45) is 5.21. The molecule has 0 aliphatic heterocycles. The van der Waals surface area contributed by atoms with E-state index in [1.54, 1.807) is 0 Å². The van der Waals surface area contributed by atoms with Crippen LogP contribution in [0.5, 0.6) is 0 Å². The van der Waals surface area contributed by atoms with Crippen LogP contribution in [0.3, 0.4) is 0 Å². The van der Waals surface area contributed by atoms with Crippen molar-refractivity contribution in [1.82, 2.24) is 0 Å². The summed E-state index contributed by atoms with van der Waals surface area (Å²) in [5, 5.41) is 0. The summed E-state index contributed by atoms with van der Waals surface area (Å²) in [6, 6.07) is 0. The van der Waals surface area contributed by atoms with E-state index in [1.807, 2.05) is 0 Å². The maximum atomic E-state index is 5.52. The van der Waals surface area contributed by atoms with Gasteiger partial charge < -0.3 is 18.1 Å². The zero-order valence-corrected chi connectivity index (χ0v) is 9.07. The van der Waals surface area contributed by atoms with Gasteiger partial charge in [0.05, 0.1) is 0 Å². The van der Waals surface area contributed by atoms with Gasteiger partial charge in [0.25, 0.3) is 0 Å². The van der Waals surface area contributed by atoms with Crippen molar-refractivity contribution >= 4 is 0 Å². The SMILES string of the molecule is CCCCC(CC)CN.[Cl-].[Cu+]. The first-order valence-electron chi connectivity index (χ1n) is 4.05. The van der Waals surface area contributed by atoms with Crippen molar-refractivity contribution in [3.8, 4) is 0 Å². The van der Waals surface area contributed by atoms with Gasteiger partial charge in [-0.1, -0.05) is 33.1 Å². The van der Waals surface area contributed by atoms with E-state index < -0.39 is 0 Å². The van der Waals surface area contributed by atoms with Crippen molar-refractivity contribution in [2.75, 3.05) is 6.54 Å². The molecule has 0 aromatic carbocycles. The molecule has 3 heteroatoms. The van der Waals surface area contributed by atoms with Crippen LogP contribution in [0.4, 0.5) is 0 Å². The van der Waals surface area contributed by atoms with Crippen LogP contribution >= 0.6 is 0 Å². The van der Waals surface area contributed by atoms with Gasteiger partial charge in [0.15, 0.2) is 0 Å². The number of unbranched alkanes of at least 4 members (excludes halogenated alkanes) is 1. The maximum Gasteiger partial charge on any atom is 1.00 e. The number of hydrogen-bond donors (Lipinski definition) is 1. The first-order chi connectivity index (χ1) is 4.35. The second-order valence-corrected chi connectivity index (χ2v) is 2.65. The number of hydrogen-bond acceptors (Lipinski definition) is 1. The molecule has 0 heterocycles. The Morgan fingerprint density at radius 1 is 1.27 bits per heavy atom. The van der Waals surface area contributed by atoms with Crippen LogP contribution in [0.15, 0.2) is 0 Å². The molecule has 0 aromatic heterocycles. The molecule has 11 heavy (non-hydrogen) atoms. The van der Waals surface area contributed by atoms with E-state index in [9.17, 15) is 0 Å². The fraction of sp³-hybridized carbons (Fsp3) is 1.00. The van der Waals surface area contributed by atoms with E-state index in [0.29, 0.717) is 0 Å². The fourth-order valence-electron chi connectivity index (χ4n) is 0.981. The molecule has 0 aromatic rings. The average molecular weight is 228 g/mol. The molecule has 74 valence electrons. The standard InChI is InChI=1S/C8H19N.ClH.Cu/c1-3-5-6-8(4-2)7-9;;/h8H,3-7,9H2,1-2H3;1H;/q;;+1/p-1. The van der Waals surface area contributed by atoms with Crippen LogP contribution in [0, 0.1) is 5.92 Å². The largest absolute Gasteiger partial charge is 1.00 e. The van der Waals surface area contributed by atoms with Crippen molar-refractivity contribution in [3.63, 3.8) is 0 Å². The Bertz CT molecular complexity index is 58.1. The molecule has 0 saturated heterocycles. The van der Waals surface area contributed by atoms with Crippen molar-refractivity contribution in [2.24, 2.45) is 11.7 Å². The van der Waals surface area contributed by atoms with Crippen LogP contribution in [-0.4, -0.2) is 6.54 Å². The molecular formula is C8H19ClCuN. The van der Waals surface area contributed by atoms with Crippen molar-refractivity contribution in [1.29, 1.82) is 0 Å². The van der Waals surface area contributed by atoms with E-state index in [4.69, 9.17) is 5.73 Å². The molecule has 0 amide bonds. The van der Waals surface area contributed by atoms with Gasteiger partial charge in [-0.2, -0.15) is 0 Å². The van der Waals surface area contributed by atoms with Gasteiger partial charge in [-0.3, -0.25) is 0 Å². The van der Waals surface area contributed by atoms with E-state index >= 15 is 0 Å². The summed E-state index contributed by atoms with van der Waals surface area (Å²) < 4.78 is 0. The van der Waals surface area contributed by atoms with Crippen molar-refractivity contribution in [3.05, 3.63) is 0 Å². The van der Waals surface area contributed by atoms with Gasteiger partial charge in [0, 0.05) is 0 Å². The topological polar surface area (TPSA) is 26.0 Å². The Morgan fingerprint density at radius 3 is 2.09 bits per heavy atom. The van der Waals surface area contributed by atoms with E-state index in [2.05, 4.69) is 13.8 Å². The molecule has 1 unspecified atom stereocenters. The molecule has 0 aliphatic rings. The summed E-state index contributed by atoms with van der Waals surface area (Å²) in [5.41, 5.74) is 5.52. The van der Waals surface area contributed by atoms with Crippen LogP contribution in [0.1, 0.15) is 39.5 Å². The molecule has 0 aliphatic carbocycles. The molecule has 0 fully saturated rings. The molecule has 2 N–H and O–H groups in total. The summed E-state index contributed by atoms with van der Waals surface area (Å²) in [4.78, 5) is 0. The molecular weight excluding hydrogens is 209 g/mol. The van der Waals surface area contributed by atoms with Gasteiger partial charge in [0.1, 0.15) is 0 Å². The Morgan fingerprint density at radius 2 is 1.82 bits per heavy atom. The number of halogens is 1. The molecule has 0 bridgehead atoms. The summed E-state index contributed by atoms with van der Waals surface area (Å²) in [6.45, 7) is 5.31. The Labute approximate surface area is 87.4 Å². The van der Waals surface area contributed by atoms with Crippen LogP contribution in [0.25, 0.3) is 0 Å². The molecule has 1 nitrogen and oxygen atoms in total. The molecule has 1 atom stereocenters. The Hall–Kier alpha value is 0.769. The zero-order chi connectivity index (χ0) is 7.11. The normalized spacial score (nSPS) is 11.2. The first kappa shape index (κ1) is 17.8. The second kappa shape index (κ2) is 13.4. The van der Waals surface area contributed by atoms with Crippen LogP contribution in [0.2, 0.25) is 0 Å². The van der Waals surface area contributed by atoms with Gasteiger partial charge >= 0.3 is 17.1 Å². The van der Waals surface area contributed by atoms with Gasteiger partial charge in [-0.25, -0.2) is 0 Å². The van der Waals surface area contributed by atoms with Gasteiger partial charge in [-0.05, 0) is 18.9 Å². The minimum atomic E-state index is 0. The third-order valence-electron chi connectivity index (χ3n) is 1.88.